The van der Waals surface area contributed by atoms with Gasteiger partial charge in [0.2, 0.25) is 0 Å². The van der Waals surface area contributed by atoms with E-state index in [2.05, 4.69) is 377 Å². The first-order chi connectivity index (χ1) is 51.8. The van der Waals surface area contributed by atoms with E-state index in [1.807, 2.05) is 0 Å². The molecule has 15 aromatic carbocycles. The summed E-state index contributed by atoms with van der Waals surface area (Å²) < 4.78 is 27.8. The molecule has 8 heteroatoms. The molecular formula is C98H71B2N3O3. The Bertz CT molecular complexity index is 6350. The molecule has 0 N–H and O–H groups in total. The van der Waals surface area contributed by atoms with Gasteiger partial charge in [0.25, 0.3) is 13.4 Å². The Balaban J connectivity index is 0.880. The van der Waals surface area contributed by atoms with Crippen molar-refractivity contribution in [3.63, 3.8) is 0 Å². The average molecular weight is 1360 g/mol. The van der Waals surface area contributed by atoms with Crippen LogP contribution in [0, 0.1) is 0 Å². The Kier molecular flexibility index (Phi) is 13.6. The maximum atomic E-state index is 7.96. The Hall–Kier alpha value is -12.8. The van der Waals surface area contributed by atoms with Gasteiger partial charge < -0.3 is 28.2 Å². The lowest BCUT2D eigenvalue weighted by Crippen LogP contribution is -2.59. The molecule has 0 radical (unpaired) electrons. The monoisotopic (exact) mass is 1360 g/mol. The van der Waals surface area contributed by atoms with Gasteiger partial charge in [-0.2, -0.15) is 0 Å². The predicted octanol–water partition coefficient (Wildman–Crippen LogP) is 21.9. The van der Waals surface area contributed by atoms with Gasteiger partial charge in [0, 0.05) is 67.1 Å². The molecule has 6 nitrogen and oxygen atoms in total. The minimum Gasteiger partial charge on any atom is -0.458 e. The van der Waals surface area contributed by atoms with Crippen molar-refractivity contribution in [3.8, 4) is 102 Å². The van der Waals surface area contributed by atoms with Crippen LogP contribution in [0.3, 0.4) is 0 Å². The molecule has 0 fully saturated rings. The van der Waals surface area contributed by atoms with E-state index in [1.54, 1.807) is 0 Å². The van der Waals surface area contributed by atoms with Crippen molar-refractivity contribution < 1.29 is 14.2 Å². The summed E-state index contributed by atoms with van der Waals surface area (Å²) in [5.74, 6) is 4.73. The molecule has 2 aromatic heterocycles. The van der Waals surface area contributed by atoms with Crippen molar-refractivity contribution in [2.24, 2.45) is 0 Å². The number of hydrogen-bond donors (Lipinski definition) is 0. The number of ether oxygens (including phenoxy) is 3. The summed E-state index contributed by atoms with van der Waals surface area (Å²) >= 11 is 0. The number of nitrogens with zero attached hydrogens (tertiary/aromatic N) is 3. The summed E-state index contributed by atoms with van der Waals surface area (Å²) in [6.07, 6.45) is 0. The van der Waals surface area contributed by atoms with E-state index in [-0.39, 0.29) is 24.3 Å². The second kappa shape index (κ2) is 23.4. The van der Waals surface area contributed by atoms with Crippen LogP contribution in [-0.4, -0.2) is 22.6 Å². The van der Waals surface area contributed by atoms with Gasteiger partial charge >= 0.3 is 0 Å². The summed E-state index contributed by atoms with van der Waals surface area (Å²) in [4.78, 5) is 2.55. The largest absolute Gasteiger partial charge is 0.458 e. The molecule has 106 heavy (non-hydrogen) atoms. The van der Waals surface area contributed by atoms with Gasteiger partial charge in [-0.3, -0.25) is 0 Å². The molecule has 0 bridgehead atoms. The summed E-state index contributed by atoms with van der Waals surface area (Å²) in [5.41, 5.74) is 29.3. The summed E-state index contributed by atoms with van der Waals surface area (Å²) in [6.45, 7) is 13.4. The van der Waals surface area contributed by atoms with Gasteiger partial charge in [-0.05, 0) is 202 Å². The van der Waals surface area contributed by atoms with Crippen LogP contribution in [0.15, 0.2) is 322 Å². The van der Waals surface area contributed by atoms with Crippen LogP contribution in [0.5, 0.6) is 34.5 Å². The van der Waals surface area contributed by atoms with E-state index in [9.17, 15) is 0 Å². The van der Waals surface area contributed by atoms with Crippen LogP contribution in [0.4, 0.5) is 17.1 Å². The molecule has 21 rings (SSSR count). The maximum Gasteiger partial charge on any atom is 0.260 e. The van der Waals surface area contributed by atoms with Crippen LogP contribution < -0.4 is 51.9 Å². The second-order valence-corrected chi connectivity index (χ2v) is 31.1. The number of hydrogen-bond acceptors (Lipinski definition) is 4. The van der Waals surface area contributed by atoms with Crippen molar-refractivity contribution in [2.75, 3.05) is 4.90 Å². The topological polar surface area (TPSA) is 40.8 Å². The molecular weight excluding hydrogens is 1290 g/mol. The zero-order valence-electron chi connectivity index (χ0n) is 59.8. The lowest BCUT2D eigenvalue weighted by molar-refractivity contribution is 0.466. The van der Waals surface area contributed by atoms with Gasteiger partial charge in [0.05, 0.1) is 22.1 Å². The highest BCUT2D eigenvalue weighted by Gasteiger charge is 2.46. The fraction of sp³-hybridized carbons (Fsp3) is 0.0816. The average Bonchev–Trinajstić information content (AvgIpc) is 0.833. The standard InChI is InChI=1S/C98H71B2N3O3/c1-97(2,3)66-42-48-84-76(55-66)77-56-67(98(4,5)6)43-49-85(77)102(84)69-45-47-81-90(58-69)105-91-54-65(75-59-92-95-96(93(75)74-35-17-16-32-71(74)62-30-14-9-15-31-62)106-89-41-25-21-37-80(89)100(95)79-36-20-24-40-88(79)104-92)53-87-94(91)99(81)78-46-44-68(101-82-38-22-18-33-72(82)73-34-19-23-39-83(73)101)57-86(78)103(87)70-51-63(60-26-10-7-11-27-60)50-64(52-70)61-28-12-8-13-29-61/h7-59H,1-6H3. The van der Waals surface area contributed by atoms with Crippen LogP contribution in [-0.2, 0) is 10.8 Å². The number of aromatic nitrogens is 2. The van der Waals surface area contributed by atoms with Crippen molar-refractivity contribution in [1.29, 1.82) is 0 Å². The highest BCUT2D eigenvalue weighted by molar-refractivity contribution is 6.99. The second-order valence-electron chi connectivity index (χ2n) is 31.1. The van der Waals surface area contributed by atoms with E-state index in [1.165, 1.54) is 32.7 Å². The number of para-hydroxylation sites is 4. The quantitative estimate of drug-likeness (QED) is 0.142. The normalized spacial score (nSPS) is 13.2. The van der Waals surface area contributed by atoms with Crippen LogP contribution >= 0.6 is 0 Å². The third-order valence-corrected chi connectivity index (χ3v) is 22.8. The number of benzene rings is 15. The predicted molar refractivity (Wildman–Crippen MR) is 443 cm³/mol. The van der Waals surface area contributed by atoms with Crippen molar-refractivity contribution in [3.05, 3.63) is 333 Å². The molecule has 4 aliphatic rings. The van der Waals surface area contributed by atoms with Crippen molar-refractivity contribution in [1.82, 2.24) is 9.13 Å². The van der Waals surface area contributed by atoms with Crippen molar-refractivity contribution >= 4 is 107 Å². The molecule has 0 saturated heterocycles. The first-order valence-electron chi connectivity index (χ1n) is 37.0. The minimum absolute atomic E-state index is 0.0541. The molecule has 6 heterocycles. The van der Waals surface area contributed by atoms with Gasteiger partial charge in [-0.15, -0.1) is 0 Å². The first kappa shape index (κ1) is 61.9. The molecule has 0 spiro atoms. The molecule has 0 atom stereocenters. The molecule has 502 valence electrons. The van der Waals surface area contributed by atoms with E-state index in [4.69, 9.17) is 14.2 Å². The minimum atomic E-state index is -0.286. The lowest BCUT2D eigenvalue weighted by Gasteiger charge is -2.41. The first-order valence-corrected chi connectivity index (χ1v) is 37.0. The smallest absolute Gasteiger partial charge is 0.260 e. The number of anilines is 3. The Morgan fingerprint density at radius 3 is 1.34 bits per heavy atom. The van der Waals surface area contributed by atoms with E-state index in [0.29, 0.717) is 0 Å². The van der Waals surface area contributed by atoms with Gasteiger partial charge in [-0.1, -0.05) is 254 Å². The van der Waals surface area contributed by atoms with Crippen LogP contribution in [0.25, 0.3) is 111 Å². The molecule has 17 aromatic rings. The molecule has 0 saturated carbocycles. The molecule has 0 unspecified atom stereocenters. The fourth-order valence-corrected chi connectivity index (χ4v) is 17.7. The number of fused-ring (bicyclic) bond motifs is 14. The Morgan fingerprint density at radius 2 is 0.736 bits per heavy atom. The summed E-state index contributed by atoms with van der Waals surface area (Å²) in [6, 6.07) is 119. The van der Waals surface area contributed by atoms with E-state index in [0.717, 1.165) is 173 Å². The summed E-state index contributed by atoms with van der Waals surface area (Å²) in [7, 11) is 0. The number of rotatable bonds is 8. The maximum absolute atomic E-state index is 7.96. The molecule has 4 aliphatic heterocycles. The van der Waals surface area contributed by atoms with Crippen molar-refractivity contribution in [2.45, 2.75) is 52.4 Å². The molecule has 0 amide bonds. The van der Waals surface area contributed by atoms with Gasteiger partial charge in [0.15, 0.2) is 0 Å². The highest BCUT2D eigenvalue weighted by atomic mass is 16.5. The lowest BCUT2D eigenvalue weighted by atomic mass is 9.34. The zero-order chi connectivity index (χ0) is 70.8. The summed E-state index contributed by atoms with van der Waals surface area (Å²) in [5, 5.41) is 4.88. The van der Waals surface area contributed by atoms with Crippen LogP contribution in [0.2, 0.25) is 0 Å². The van der Waals surface area contributed by atoms with E-state index >= 15 is 0 Å². The SMILES string of the molecule is CC(C)(C)c1ccc2c(c1)c1cc(C(C)(C)C)ccc1n2-c1ccc2c(c1)Oc1cc(-c3cc4c5c(c3-c3ccccc3-c3ccccc3)Oc3ccccc3B5c3ccccc3O4)cc3c1B2c1ccc(-n2c4ccccc4c4ccccc42)cc1N3c1cc(-c2ccccc2)cc(-c2ccccc2)c1. The van der Waals surface area contributed by atoms with Gasteiger partial charge in [0.1, 0.15) is 34.5 Å². The third-order valence-electron chi connectivity index (χ3n) is 22.8. The highest BCUT2D eigenvalue weighted by Crippen LogP contribution is 2.53. The molecule has 0 aliphatic carbocycles. The Morgan fingerprint density at radius 1 is 0.264 bits per heavy atom. The zero-order valence-corrected chi connectivity index (χ0v) is 59.8. The van der Waals surface area contributed by atoms with Crippen LogP contribution in [0.1, 0.15) is 52.7 Å². The third kappa shape index (κ3) is 9.59. The fourth-order valence-electron chi connectivity index (χ4n) is 17.7. The van der Waals surface area contributed by atoms with E-state index < -0.39 is 0 Å². The Labute approximate surface area is 617 Å². The van der Waals surface area contributed by atoms with Gasteiger partial charge in [-0.25, -0.2) is 0 Å².